The van der Waals surface area contributed by atoms with Gasteiger partial charge in [-0.25, -0.2) is 0 Å². The van der Waals surface area contributed by atoms with Crippen LogP contribution in [0, 0.1) is 0 Å². The molecule has 0 amide bonds. The summed E-state index contributed by atoms with van der Waals surface area (Å²) < 4.78 is 16.9. The standard InChI is InChI=1S/C11H15BrO3S/c12-3-1-2-4-13-9-5-14-10-7-16-8-11(10)15-6-9/h7-9H,1-6H2. The molecule has 90 valence electrons. The Labute approximate surface area is 108 Å². The van der Waals surface area contributed by atoms with Gasteiger partial charge in [-0.1, -0.05) is 15.9 Å². The van der Waals surface area contributed by atoms with Gasteiger partial charge >= 0.3 is 0 Å². The maximum Gasteiger partial charge on any atom is 0.172 e. The molecule has 0 saturated heterocycles. The summed E-state index contributed by atoms with van der Waals surface area (Å²) in [6, 6.07) is 0. The zero-order valence-corrected chi connectivity index (χ0v) is 11.4. The molecule has 0 aliphatic carbocycles. The fourth-order valence-corrected chi connectivity index (χ4v) is 2.52. The van der Waals surface area contributed by atoms with Crippen LogP contribution in [-0.2, 0) is 4.74 Å². The highest BCUT2D eigenvalue weighted by molar-refractivity contribution is 9.09. The van der Waals surface area contributed by atoms with Crippen molar-refractivity contribution < 1.29 is 14.2 Å². The van der Waals surface area contributed by atoms with Crippen LogP contribution < -0.4 is 9.47 Å². The second-order valence-electron chi connectivity index (χ2n) is 3.61. The van der Waals surface area contributed by atoms with Crippen LogP contribution in [-0.4, -0.2) is 31.3 Å². The van der Waals surface area contributed by atoms with Gasteiger partial charge in [0.1, 0.15) is 19.3 Å². The molecule has 3 nitrogen and oxygen atoms in total. The van der Waals surface area contributed by atoms with E-state index in [0.717, 1.165) is 36.3 Å². The Balaban J connectivity index is 1.72. The molecule has 0 spiro atoms. The summed E-state index contributed by atoms with van der Waals surface area (Å²) >= 11 is 4.99. The molecular weight excluding hydrogens is 292 g/mol. The van der Waals surface area contributed by atoms with E-state index < -0.39 is 0 Å². The highest BCUT2D eigenvalue weighted by Crippen LogP contribution is 2.33. The molecule has 0 radical (unpaired) electrons. The lowest BCUT2D eigenvalue weighted by Gasteiger charge is -2.14. The molecule has 0 fully saturated rings. The van der Waals surface area contributed by atoms with Crippen molar-refractivity contribution in [1.29, 1.82) is 0 Å². The van der Waals surface area contributed by atoms with Crippen molar-refractivity contribution in [2.75, 3.05) is 25.2 Å². The molecule has 0 bridgehead atoms. The fourth-order valence-electron chi connectivity index (χ4n) is 1.44. The normalized spacial score (nSPS) is 16.1. The van der Waals surface area contributed by atoms with Crippen LogP contribution >= 0.6 is 27.3 Å². The molecule has 16 heavy (non-hydrogen) atoms. The summed E-state index contributed by atoms with van der Waals surface area (Å²) in [5, 5.41) is 4.95. The number of ether oxygens (including phenoxy) is 3. The predicted octanol–water partition coefficient (Wildman–Crippen LogP) is 3.08. The van der Waals surface area contributed by atoms with Crippen molar-refractivity contribution in [3.63, 3.8) is 0 Å². The van der Waals surface area contributed by atoms with E-state index in [0.29, 0.717) is 13.2 Å². The lowest BCUT2D eigenvalue weighted by molar-refractivity contribution is 0.00166. The van der Waals surface area contributed by atoms with Crippen molar-refractivity contribution in [3.8, 4) is 11.5 Å². The number of halogens is 1. The van der Waals surface area contributed by atoms with Gasteiger partial charge in [-0.2, -0.15) is 0 Å². The maximum atomic E-state index is 5.70. The van der Waals surface area contributed by atoms with E-state index in [1.165, 1.54) is 0 Å². The van der Waals surface area contributed by atoms with Gasteiger partial charge in [0.2, 0.25) is 0 Å². The molecule has 0 unspecified atom stereocenters. The SMILES string of the molecule is BrCCCCOC1COc2cscc2OC1. The van der Waals surface area contributed by atoms with Crippen molar-refractivity contribution in [2.24, 2.45) is 0 Å². The molecular formula is C11H15BrO3S. The van der Waals surface area contributed by atoms with E-state index in [9.17, 15) is 0 Å². The summed E-state index contributed by atoms with van der Waals surface area (Å²) in [6.45, 7) is 1.94. The Hall–Kier alpha value is -0.260. The van der Waals surface area contributed by atoms with Gasteiger partial charge in [-0.3, -0.25) is 0 Å². The molecule has 1 aromatic rings. The predicted molar refractivity (Wildman–Crippen MR) is 68.1 cm³/mol. The Bertz CT molecular complexity index is 293. The van der Waals surface area contributed by atoms with E-state index in [1.807, 2.05) is 10.8 Å². The van der Waals surface area contributed by atoms with E-state index in [2.05, 4.69) is 15.9 Å². The quantitative estimate of drug-likeness (QED) is 0.618. The average Bonchev–Trinajstić information content (AvgIpc) is 2.67. The van der Waals surface area contributed by atoms with Crippen LogP contribution in [0.2, 0.25) is 0 Å². The second-order valence-corrected chi connectivity index (χ2v) is 5.15. The molecule has 5 heteroatoms. The van der Waals surface area contributed by atoms with Gasteiger partial charge in [0.15, 0.2) is 11.5 Å². The molecule has 2 rings (SSSR count). The summed E-state index contributed by atoms with van der Waals surface area (Å²) in [6.07, 6.45) is 2.26. The minimum absolute atomic E-state index is 0.0488. The van der Waals surface area contributed by atoms with Gasteiger partial charge in [-0.05, 0) is 12.8 Å². The third-order valence-electron chi connectivity index (χ3n) is 2.32. The lowest BCUT2D eigenvalue weighted by Crippen LogP contribution is -2.27. The minimum atomic E-state index is 0.0488. The second kappa shape index (κ2) is 6.47. The van der Waals surface area contributed by atoms with E-state index in [4.69, 9.17) is 14.2 Å². The van der Waals surface area contributed by atoms with Crippen molar-refractivity contribution >= 4 is 27.3 Å². The fraction of sp³-hybridized carbons (Fsp3) is 0.636. The number of hydrogen-bond acceptors (Lipinski definition) is 4. The first-order valence-electron chi connectivity index (χ1n) is 5.39. The molecule has 2 heterocycles. The molecule has 0 aromatic carbocycles. The Morgan fingerprint density at radius 2 is 1.94 bits per heavy atom. The van der Waals surface area contributed by atoms with Crippen molar-refractivity contribution in [2.45, 2.75) is 18.9 Å². The van der Waals surface area contributed by atoms with Crippen LogP contribution in [0.5, 0.6) is 11.5 Å². The van der Waals surface area contributed by atoms with Gasteiger partial charge in [0.25, 0.3) is 0 Å². The van der Waals surface area contributed by atoms with E-state index in [-0.39, 0.29) is 6.10 Å². The number of unbranched alkanes of at least 4 members (excludes halogenated alkanes) is 1. The van der Waals surface area contributed by atoms with Crippen LogP contribution in [0.1, 0.15) is 12.8 Å². The number of alkyl halides is 1. The zero-order valence-electron chi connectivity index (χ0n) is 8.99. The van der Waals surface area contributed by atoms with Crippen molar-refractivity contribution in [1.82, 2.24) is 0 Å². The first kappa shape index (κ1) is 12.2. The van der Waals surface area contributed by atoms with Crippen LogP contribution in [0.25, 0.3) is 0 Å². The number of thiophene rings is 1. The van der Waals surface area contributed by atoms with Crippen LogP contribution in [0.15, 0.2) is 10.8 Å². The first-order valence-corrected chi connectivity index (χ1v) is 7.46. The molecule has 1 aliphatic rings. The van der Waals surface area contributed by atoms with Crippen LogP contribution in [0.4, 0.5) is 0 Å². The van der Waals surface area contributed by atoms with E-state index >= 15 is 0 Å². The monoisotopic (exact) mass is 306 g/mol. The highest BCUT2D eigenvalue weighted by Gasteiger charge is 2.18. The number of hydrogen-bond donors (Lipinski definition) is 0. The summed E-state index contributed by atoms with van der Waals surface area (Å²) in [4.78, 5) is 0. The molecule has 0 atom stereocenters. The molecule has 1 aromatic heterocycles. The first-order chi connectivity index (χ1) is 7.90. The van der Waals surface area contributed by atoms with E-state index in [1.54, 1.807) is 11.3 Å². The Morgan fingerprint density at radius 1 is 1.25 bits per heavy atom. The maximum absolute atomic E-state index is 5.70. The minimum Gasteiger partial charge on any atom is -0.486 e. The molecule has 0 N–H and O–H groups in total. The third kappa shape index (κ3) is 3.37. The Kier molecular flexibility index (Phi) is 4.93. The zero-order chi connectivity index (χ0) is 11.2. The third-order valence-corrected chi connectivity index (χ3v) is 3.59. The average molecular weight is 307 g/mol. The number of rotatable bonds is 5. The number of fused-ring (bicyclic) bond motifs is 1. The molecule has 0 saturated carbocycles. The van der Waals surface area contributed by atoms with Gasteiger partial charge in [-0.15, -0.1) is 11.3 Å². The largest absolute Gasteiger partial charge is 0.486 e. The lowest BCUT2D eigenvalue weighted by atomic mass is 10.3. The van der Waals surface area contributed by atoms with Gasteiger partial charge in [0, 0.05) is 22.7 Å². The topological polar surface area (TPSA) is 27.7 Å². The van der Waals surface area contributed by atoms with Crippen LogP contribution in [0.3, 0.4) is 0 Å². The van der Waals surface area contributed by atoms with Gasteiger partial charge < -0.3 is 14.2 Å². The van der Waals surface area contributed by atoms with Gasteiger partial charge in [0.05, 0.1) is 0 Å². The smallest absolute Gasteiger partial charge is 0.172 e. The molecule has 1 aliphatic heterocycles. The Morgan fingerprint density at radius 3 is 2.56 bits per heavy atom. The highest BCUT2D eigenvalue weighted by atomic mass is 79.9. The van der Waals surface area contributed by atoms with Crippen molar-refractivity contribution in [3.05, 3.63) is 10.8 Å². The summed E-state index contributed by atoms with van der Waals surface area (Å²) in [7, 11) is 0. The summed E-state index contributed by atoms with van der Waals surface area (Å²) in [5.41, 5.74) is 0. The summed E-state index contributed by atoms with van der Waals surface area (Å²) in [5.74, 6) is 1.69.